The fraction of sp³-hybridized carbons (Fsp3) is 0.409. The summed E-state index contributed by atoms with van der Waals surface area (Å²) in [4.78, 5) is 12.4. The Labute approximate surface area is 192 Å². The number of rotatable bonds is 10. The van der Waals surface area contributed by atoms with E-state index in [0.29, 0.717) is 22.9 Å². The van der Waals surface area contributed by atoms with Crippen molar-refractivity contribution in [3.05, 3.63) is 36.6 Å². The number of sulfonamides is 1. The Hall–Kier alpha value is -3.34. The summed E-state index contributed by atoms with van der Waals surface area (Å²) in [6, 6.07) is 8.54. The smallest absolute Gasteiger partial charge is 0.243 e. The maximum atomic E-state index is 12.9. The van der Waals surface area contributed by atoms with Gasteiger partial charge < -0.3 is 13.9 Å². The van der Waals surface area contributed by atoms with Crippen molar-refractivity contribution in [1.82, 2.24) is 14.8 Å². The highest BCUT2D eigenvalue weighted by Crippen LogP contribution is 2.37. The van der Waals surface area contributed by atoms with Crippen LogP contribution >= 0.6 is 0 Å². The van der Waals surface area contributed by atoms with Gasteiger partial charge in [0.1, 0.15) is 23.0 Å². The van der Waals surface area contributed by atoms with Gasteiger partial charge >= 0.3 is 0 Å². The van der Waals surface area contributed by atoms with E-state index in [9.17, 15) is 13.2 Å². The van der Waals surface area contributed by atoms with Crippen LogP contribution in [0.1, 0.15) is 32.1 Å². The molecule has 3 aromatic rings. The molecule has 1 N–H and O–H groups in total. The van der Waals surface area contributed by atoms with E-state index in [4.69, 9.17) is 13.9 Å². The lowest BCUT2D eigenvalue weighted by Crippen LogP contribution is -2.23. The molecule has 0 saturated heterocycles. The van der Waals surface area contributed by atoms with Gasteiger partial charge in [-0.2, -0.15) is 0 Å². The van der Waals surface area contributed by atoms with E-state index < -0.39 is 10.0 Å². The SMILES string of the molecule is COc1cccc(OC)c1-n1c(NS(=O)(=O)CCC(=O)C2CCCC2)nnc1-c1ccco1. The van der Waals surface area contributed by atoms with Gasteiger partial charge in [-0.25, -0.2) is 8.42 Å². The first kappa shape index (κ1) is 22.8. The number of hydrogen-bond donors (Lipinski definition) is 1. The molecule has 2 aromatic heterocycles. The molecule has 176 valence electrons. The van der Waals surface area contributed by atoms with Crippen LogP contribution in [0.5, 0.6) is 11.5 Å². The summed E-state index contributed by atoms with van der Waals surface area (Å²) in [6.07, 6.45) is 5.13. The predicted octanol–water partition coefficient (Wildman–Crippen LogP) is 3.44. The van der Waals surface area contributed by atoms with Crippen molar-refractivity contribution in [2.75, 3.05) is 24.7 Å². The van der Waals surface area contributed by atoms with Crippen molar-refractivity contribution >= 4 is 21.8 Å². The fourth-order valence-electron chi connectivity index (χ4n) is 4.06. The molecule has 0 amide bonds. The zero-order valence-electron chi connectivity index (χ0n) is 18.5. The van der Waals surface area contributed by atoms with Gasteiger partial charge in [0.05, 0.1) is 26.2 Å². The summed E-state index contributed by atoms with van der Waals surface area (Å²) in [5, 5.41) is 8.20. The molecular weight excluding hydrogens is 448 g/mol. The monoisotopic (exact) mass is 474 g/mol. The number of methoxy groups -OCH3 is 2. The second-order valence-corrected chi connectivity index (χ2v) is 9.63. The molecule has 4 rings (SSSR count). The van der Waals surface area contributed by atoms with Crippen molar-refractivity contribution < 1.29 is 27.1 Å². The minimum absolute atomic E-state index is 0.0120. The van der Waals surface area contributed by atoms with Crippen LogP contribution in [-0.4, -0.2) is 48.9 Å². The number of hydrogen-bond acceptors (Lipinski definition) is 8. The molecule has 1 aliphatic rings. The first-order valence-electron chi connectivity index (χ1n) is 10.7. The standard InChI is InChI=1S/C22H26N4O6S/c1-30-17-9-5-10-18(31-2)20(17)26-21(19-11-6-13-32-19)23-24-22(26)25-33(28,29)14-12-16(27)15-7-3-4-8-15/h5-6,9-11,13,15H,3-4,7-8,12,14H2,1-2H3,(H,24,25). The van der Waals surface area contributed by atoms with Gasteiger partial charge in [0, 0.05) is 12.3 Å². The highest BCUT2D eigenvalue weighted by molar-refractivity contribution is 7.92. The summed E-state index contributed by atoms with van der Waals surface area (Å²) >= 11 is 0. The third-order valence-electron chi connectivity index (χ3n) is 5.70. The molecule has 0 atom stereocenters. The fourth-order valence-corrected chi connectivity index (χ4v) is 5.04. The molecule has 2 heterocycles. The van der Waals surface area contributed by atoms with E-state index in [-0.39, 0.29) is 35.6 Å². The predicted molar refractivity (Wildman–Crippen MR) is 121 cm³/mol. The topological polar surface area (TPSA) is 126 Å². The molecule has 0 aliphatic heterocycles. The third-order valence-corrected chi connectivity index (χ3v) is 6.94. The largest absolute Gasteiger partial charge is 0.494 e. The number of ether oxygens (including phenoxy) is 2. The lowest BCUT2D eigenvalue weighted by atomic mass is 10.0. The maximum Gasteiger partial charge on any atom is 0.243 e. The number of aromatic nitrogens is 3. The first-order chi connectivity index (χ1) is 15.9. The van der Waals surface area contributed by atoms with E-state index in [2.05, 4.69) is 14.9 Å². The molecule has 0 radical (unpaired) electrons. The van der Waals surface area contributed by atoms with Crippen LogP contribution in [0.15, 0.2) is 41.0 Å². The number of carbonyl (C=O) groups excluding carboxylic acids is 1. The van der Waals surface area contributed by atoms with Gasteiger partial charge in [0.25, 0.3) is 0 Å². The number of anilines is 1. The third kappa shape index (κ3) is 4.87. The second kappa shape index (κ2) is 9.65. The zero-order valence-corrected chi connectivity index (χ0v) is 19.3. The van der Waals surface area contributed by atoms with Crippen LogP contribution < -0.4 is 14.2 Å². The summed E-state index contributed by atoms with van der Waals surface area (Å²) in [5.74, 6) is 0.998. The van der Waals surface area contributed by atoms with Crippen molar-refractivity contribution in [2.45, 2.75) is 32.1 Å². The maximum absolute atomic E-state index is 12.9. The van der Waals surface area contributed by atoms with E-state index in [1.807, 2.05) is 0 Å². The Bertz CT molecular complexity index is 1190. The Balaban J connectivity index is 1.69. The second-order valence-electron chi connectivity index (χ2n) is 7.79. The summed E-state index contributed by atoms with van der Waals surface area (Å²) in [5.41, 5.74) is 0.402. The van der Waals surface area contributed by atoms with Crippen LogP contribution in [0.25, 0.3) is 17.3 Å². The van der Waals surface area contributed by atoms with Gasteiger partial charge in [0.2, 0.25) is 21.8 Å². The molecule has 1 aliphatic carbocycles. The van der Waals surface area contributed by atoms with E-state index in [1.165, 1.54) is 25.0 Å². The number of nitrogens with zero attached hydrogens (tertiary/aromatic N) is 3. The molecule has 10 nitrogen and oxygen atoms in total. The molecule has 1 fully saturated rings. The van der Waals surface area contributed by atoms with Crippen molar-refractivity contribution in [3.63, 3.8) is 0 Å². The molecule has 0 spiro atoms. The van der Waals surface area contributed by atoms with Crippen LogP contribution in [0.4, 0.5) is 5.95 Å². The van der Waals surface area contributed by atoms with E-state index >= 15 is 0 Å². The number of nitrogens with one attached hydrogen (secondary N) is 1. The molecule has 1 aromatic carbocycles. The number of ketones is 1. The number of benzene rings is 1. The Morgan fingerprint density at radius 3 is 2.42 bits per heavy atom. The van der Waals surface area contributed by atoms with E-state index in [0.717, 1.165) is 25.7 Å². The highest BCUT2D eigenvalue weighted by atomic mass is 32.2. The number of Topliss-reactive ketones (excluding diaryl/α,β-unsaturated/α-hetero) is 1. The van der Waals surface area contributed by atoms with Gasteiger partial charge in [-0.1, -0.05) is 18.9 Å². The normalized spacial score (nSPS) is 14.4. The van der Waals surface area contributed by atoms with Gasteiger partial charge in [-0.3, -0.25) is 14.1 Å². The lowest BCUT2D eigenvalue weighted by Gasteiger charge is -2.17. The zero-order chi connectivity index (χ0) is 23.4. The number of carbonyl (C=O) groups is 1. The highest BCUT2D eigenvalue weighted by Gasteiger charge is 2.28. The van der Waals surface area contributed by atoms with Gasteiger partial charge in [-0.15, -0.1) is 10.2 Å². The van der Waals surface area contributed by atoms with Crippen LogP contribution in [-0.2, 0) is 14.8 Å². The number of para-hydroxylation sites is 1. The number of furan rings is 1. The Morgan fingerprint density at radius 2 is 1.82 bits per heavy atom. The van der Waals surface area contributed by atoms with Crippen LogP contribution in [0, 0.1) is 5.92 Å². The van der Waals surface area contributed by atoms with Crippen molar-refractivity contribution in [1.29, 1.82) is 0 Å². The minimum atomic E-state index is -3.89. The average Bonchev–Trinajstić information content (AvgIpc) is 3.58. The van der Waals surface area contributed by atoms with Crippen LogP contribution in [0.2, 0.25) is 0 Å². The summed E-state index contributed by atoms with van der Waals surface area (Å²) < 4.78 is 46.2. The summed E-state index contributed by atoms with van der Waals surface area (Å²) in [6.45, 7) is 0. The molecule has 0 bridgehead atoms. The molecule has 0 unspecified atom stereocenters. The average molecular weight is 475 g/mol. The Kier molecular flexibility index (Phi) is 6.68. The quantitative estimate of drug-likeness (QED) is 0.474. The van der Waals surface area contributed by atoms with Gasteiger partial charge in [-0.05, 0) is 37.1 Å². The van der Waals surface area contributed by atoms with Crippen LogP contribution in [0.3, 0.4) is 0 Å². The lowest BCUT2D eigenvalue weighted by molar-refractivity contribution is -0.122. The molecule has 1 saturated carbocycles. The minimum Gasteiger partial charge on any atom is -0.494 e. The molecular formula is C22H26N4O6S. The van der Waals surface area contributed by atoms with Gasteiger partial charge in [0.15, 0.2) is 5.76 Å². The summed E-state index contributed by atoms with van der Waals surface area (Å²) in [7, 11) is -0.903. The first-order valence-corrected chi connectivity index (χ1v) is 12.3. The molecule has 11 heteroatoms. The van der Waals surface area contributed by atoms with Crippen molar-refractivity contribution in [2.24, 2.45) is 5.92 Å². The Morgan fingerprint density at radius 1 is 1.12 bits per heavy atom. The van der Waals surface area contributed by atoms with E-state index in [1.54, 1.807) is 30.3 Å². The molecule has 33 heavy (non-hydrogen) atoms. The van der Waals surface area contributed by atoms with Crippen molar-refractivity contribution in [3.8, 4) is 28.8 Å².